The maximum atomic E-state index is 2.80. The third-order valence-corrected chi connectivity index (χ3v) is 16.9. The first kappa shape index (κ1) is 25.5. The second-order valence-corrected chi connectivity index (χ2v) is 22.6. The number of benzene rings is 1. The Morgan fingerprint density at radius 3 is 1.10 bits per heavy atom. The van der Waals surface area contributed by atoms with Crippen LogP contribution in [0.4, 0.5) is 11.4 Å². The molecule has 0 bridgehead atoms. The van der Waals surface area contributed by atoms with Gasteiger partial charge in [0.15, 0.2) is 0 Å². The summed E-state index contributed by atoms with van der Waals surface area (Å²) in [7, 11) is -0.254. The molecule has 5 heteroatoms. The quantitative estimate of drug-likeness (QED) is 0.309. The van der Waals surface area contributed by atoms with Crippen molar-refractivity contribution in [1.82, 2.24) is 0 Å². The van der Waals surface area contributed by atoms with Crippen molar-refractivity contribution in [2.45, 2.75) is 104 Å². The van der Waals surface area contributed by atoms with Crippen molar-refractivity contribution in [2.75, 3.05) is 20.3 Å². The van der Waals surface area contributed by atoms with Gasteiger partial charge in [-0.25, -0.2) is 0 Å². The van der Waals surface area contributed by atoms with E-state index in [2.05, 4.69) is 115 Å². The summed E-state index contributed by atoms with van der Waals surface area (Å²) >= 11 is -0.347. The van der Waals surface area contributed by atoms with Gasteiger partial charge >= 0.3 is 191 Å². The summed E-state index contributed by atoms with van der Waals surface area (Å²) in [6, 6.07) is 9.20. The van der Waals surface area contributed by atoms with Gasteiger partial charge in [-0.05, 0) is 0 Å². The van der Waals surface area contributed by atoms with Crippen LogP contribution in [0.15, 0.2) is 24.3 Å². The van der Waals surface area contributed by atoms with E-state index in [4.69, 9.17) is 0 Å². The monoisotopic (exact) mass is 496 g/mol. The van der Waals surface area contributed by atoms with Gasteiger partial charge < -0.3 is 0 Å². The molecule has 0 aromatic heterocycles. The number of fused-ring (bicyclic) bond motifs is 1. The van der Waals surface area contributed by atoms with E-state index in [0.29, 0.717) is 20.6 Å². The Labute approximate surface area is 191 Å². The van der Waals surface area contributed by atoms with Crippen LogP contribution >= 0.6 is 15.8 Å². The van der Waals surface area contributed by atoms with E-state index in [1.165, 1.54) is 23.9 Å². The molecule has 0 fully saturated rings. The molecule has 0 N–H and O–H groups in total. The van der Waals surface area contributed by atoms with Gasteiger partial charge in [0.05, 0.1) is 0 Å². The summed E-state index contributed by atoms with van der Waals surface area (Å²) in [6.45, 7) is 29.4. The summed E-state index contributed by atoms with van der Waals surface area (Å²) in [4.78, 5) is 0. The van der Waals surface area contributed by atoms with Crippen LogP contribution in [0.1, 0.15) is 83.1 Å². The maximum absolute atomic E-state index is 2.80. The van der Waals surface area contributed by atoms with Gasteiger partial charge in [0.1, 0.15) is 0 Å². The van der Waals surface area contributed by atoms with Crippen LogP contribution in [-0.4, -0.2) is 49.1 Å². The van der Waals surface area contributed by atoms with Gasteiger partial charge in [-0.15, -0.1) is 0 Å². The van der Waals surface area contributed by atoms with Crippen LogP contribution in [0.2, 0.25) is 0 Å². The van der Waals surface area contributed by atoms with Gasteiger partial charge in [-0.2, -0.15) is 0 Å². The Balaban J connectivity index is 2.34. The van der Waals surface area contributed by atoms with E-state index in [-0.39, 0.29) is 31.7 Å². The second-order valence-electron chi connectivity index (χ2n) is 12.3. The average Bonchev–Trinajstić information content (AvgIpc) is 2.84. The van der Waals surface area contributed by atoms with Gasteiger partial charge in [0.2, 0.25) is 0 Å². The number of nitrogens with zero attached hydrogens (tertiary/aromatic N) is 2. The minimum atomic E-state index is -0.347. The van der Waals surface area contributed by atoms with Crippen molar-refractivity contribution in [3.05, 3.63) is 24.3 Å². The molecular formula is C24H44GeN2P2. The average molecular weight is 495 g/mol. The van der Waals surface area contributed by atoms with Crippen molar-refractivity contribution in [3.8, 4) is 0 Å². The number of hydrogen-bond acceptors (Lipinski definition) is 2. The van der Waals surface area contributed by atoms with E-state index in [1.807, 2.05) is 0 Å². The summed E-state index contributed by atoms with van der Waals surface area (Å²) < 4.78 is 5.60. The Morgan fingerprint density at radius 1 is 0.586 bits per heavy atom. The molecule has 2 radical (unpaired) electrons. The minimum absolute atomic E-state index is 0.127. The Hall–Kier alpha value is 0.223. The zero-order valence-corrected chi connectivity index (χ0v) is 24.9. The fourth-order valence-corrected chi connectivity index (χ4v) is 15.7. The molecule has 0 saturated carbocycles. The molecule has 1 aliphatic rings. The first-order valence-electron chi connectivity index (χ1n) is 10.9. The van der Waals surface area contributed by atoms with Crippen LogP contribution in [0.25, 0.3) is 0 Å². The molecule has 0 atom stereocenters. The van der Waals surface area contributed by atoms with Crippen molar-refractivity contribution < 1.29 is 0 Å². The number of para-hydroxylation sites is 2. The van der Waals surface area contributed by atoms with Crippen LogP contribution < -0.4 is 7.71 Å². The fraction of sp³-hybridized carbons (Fsp3) is 0.750. The zero-order chi connectivity index (χ0) is 22.4. The molecule has 1 aromatic rings. The molecule has 0 saturated heterocycles. The molecule has 0 aliphatic carbocycles. The first-order valence-corrected chi connectivity index (χ1v) is 15.8. The van der Waals surface area contributed by atoms with Gasteiger partial charge in [-0.3, -0.25) is 0 Å². The first-order chi connectivity index (χ1) is 12.9. The summed E-state index contributed by atoms with van der Waals surface area (Å²) in [5.74, 6) is 0. The van der Waals surface area contributed by atoms with Crippen molar-refractivity contribution in [3.63, 3.8) is 0 Å². The number of hydrogen-bond donors (Lipinski definition) is 0. The van der Waals surface area contributed by atoms with Crippen LogP contribution in [0.5, 0.6) is 0 Å². The SMILES string of the molecule is CC(C)(C)P(C[N]1[Ge][N](CP(C(C)(C)C)C(C)(C)C)c2ccccc21)C(C)(C)C. The zero-order valence-electron chi connectivity index (χ0n) is 21.0. The van der Waals surface area contributed by atoms with E-state index >= 15 is 0 Å². The third kappa shape index (κ3) is 6.36. The molecule has 0 amide bonds. The standard InChI is InChI=1S/C24H44GeN2P2/c1-21(2,3)28(22(4,5)6)17-26-19-15-13-14-16-20(19)27(25-26)18-29(23(7,8)9)24(10,11)12/h13-16H,17-18H2,1-12H3. The third-order valence-electron chi connectivity index (χ3n) is 5.51. The molecule has 164 valence electrons. The molecular weight excluding hydrogens is 451 g/mol. The molecule has 1 heterocycles. The number of rotatable bonds is 4. The second kappa shape index (κ2) is 8.63. The van der Waals surface area contributed by atoms with E-state index in [1.54, 1.807) is 0 Å². The topological polar surface area (TPSA) is 6.48 Å². The van der Waals surface area contributed by atoms with Crippen molar-refractivity contribution in [1.29, 1.82) is 0 Å². The van der Waals surface area contributed by atoms with E-state index in [0.717, 1.165) is 0 Å². The molecule has 2 rings (SSSR count). The molecule has 0 unspecified atom stereocenters. The van der Waals surface area contributed by atoms with Gasteiger partial charge in [0, 0.05) is 0 Å². The van der Waals surface area contributed by atoms with Crippen molar-refractivity contribution in [2.24, 2.45) is 0 Å². The van der Waals surface area contributed by atoms with Crippen LogP contribution in [0, 0.1) is 0 Å². The summed E-state index contributed by atoms with van der Waals surface area (Å²) in [6.07, 6.45) is 2.47. The molecule has 2 nitrogen and oxygen atoms in total. The molecule has 0 spiro atoms. The van der Waals surface area contributed by atoms with Crippen LogP contribution in [-0.2, 0) is 0 Å². The predicted molar refractivity (Wildman–Crippen MR) is 140 cm³/mol. The van der Waals surface area contributed by atoms with E-state index < -0.39 is 0 Å². The van der Waals surface area contributed by atoms with Gasteiger partial charge in [-0.1, -0.05) is 0 Å². The molecule has 1 aromatic carbocycles. The predicted octanol–water partition coefficient (Wildman–Crippen LogP) is 7.92. The Morgan fingerprint density at radius 2 is 0.862 bits per heavy atom. The van der Waals surface area contributed by atoms with Crippen LogP contribution in [0.3, 0.4) is 0 Å². The summed E-state index contributed by atoms with van der Waals surface area (Å²) in [5.41, 5.74) is 2.98. The molecule has 29 heavy (non-hydrogen) atoms. The number of anilines is 2. The molecule has 1 aliphatic heterocycles. The van der Waals surface area contributed by atoms with Gasteiger partial charge in [0.25, 0.3) is 0 Å². The van der Waals surface area contributed by atoms with E-state index in [9.17, 15) is 0 Å². The van der Waals surface area contributed by atoms with Crippen molar-refractivity contribution >= 4 is 43.1 Å². The Bertz CT molecular complexity index is 606. The fourth-order valence-electron chi connectivity index (χ4n) is 4.53. The normalized spacial score (nSPS) is 16.2. The Kier molecular flexibility index (Phi) is 7.59. The summed E-state index contributed by atoms with van der Waals surface area (Å²) in [5, 5.41) is 1.47.